The molecule has 1 heterocycles. The molecule has 0 aliphatic heterocycles. The highest BCUT2D eigenvalue weighted by Crippen LogP contribution is 2.23. The summed E-state index contributed by atoms with van der Waals surface area (Å²) in [6.45, 7) is 8.79. The minimum absolute atomic E-state index is 0. The van der Waals surface area contributed by atoms with Crippen LogP contribution in [-0.4, -0.2) is 4.57 Å². The van der Waals surface area contributed by atoms with Gasteiger partial charge in [0, 0.05) is 30.1 Å². The Morgan fingerprint density at radius 2 is 0.917 bits per heavy atom. The van der Waals surface area contributed by atoms with E-state index in [9.17, 15) is 0 Å². The van der Waals surface area contributed by atoms with E-state index in [4.69, 9.17) is 0 Å². The quantitative estimate of drug-likeness (QED) is 0.242. The van der Waals surface area contributed by atoms with E-state index in [1.807, 2.05) is 6.07 Å². The van der Waals surface area contributed by atoms with Crippen molar-refractivity contribution >= 4 is 10.9 Å². The molecule has 0 saturated carbocycles. The molecule has 36 heavy (non-hydrogen) atoms. The Bertz CT molecular complexity index is 1160. The second-order valence-corrected chi connectivity index (χ2v) is 9.05. The molecule has 0 spiro atoms. The zero-order valence-corrected chi connectivity index (χ0v) is 21.1. The van der Waals surface area contributed by atoms with Crippen molar-refractivity contribution < 1.29 is 0 Å². The Morgan fingerprint density at radius 3 is 1.31 bits per heavy atom. The van der Waals surface area contributed by atoms with Gasteiger partial charge >= 0.3 is 0 Å². The standard InChI is InChI=1S/C14H14.C10H11N.C9H12.2CH4/c1-12(13-8-4-2-5-9-13)14-10-6-3-7-11-14;1-8-7-11(2)10-6-4-3-5-9(8)10;1-8(2)9-6-4-3-5-7-9;;/h2-12H,1H3;3-7H,1-2H3;3-8H,1-2H3;2*1H4. The highest BCUT2D eigenvalue weighted by Gasteiger charge is 2.05. The van der Waals surface area contributed by atoms with Gasteiger partial charge in [0.05, 0.1) is 0 Å². The monoisotopic (exact) mass is 479 g/mol. The maximum Gasteiger partial charge on any atom is 0.0480 e. The van der Waals surface area contributed by atoms with Crippen molar-refractivity contribution in [2.75, 3.05) is 0 Å². The first-order valence-electron chi connectivity index (χ1n) is 12.1. The fraction of sp³-hybridized carbons (Fsp3) is 0.257. The molecule has 0 fully saturated rings. The average molecular weight is 480 g/mol. The molecule has 0 unspecified atom stereocenters. The maximum atomic E-state index is 2.24. The number of hydrogen-bond acceptors (Lipinski definition) is 0. The fourth-order valence-electron chi connectivity index (χ4n) is 4.06. The predicted octanol–water partition coefficient (Wildman–Crippen LogP) is 10.4. The third kappa shape index (κ3) is 8.57. The zero-order valence-electron chi connectivity index (χ0n) is 21.1. The summed E-state index contributed by atoms with van der Waals surface area (Å²) in [6.07, 6.45) is 2.16. The highest BCUT2D eigenvalue weighted by molar-refractivity contribution is 5.83. The Labute approximate surface area is 220 Å². The van der Waals surface area contributed by atoms with Crippen molar-refractivity contribution in [1.82, 2.24) is 4.57 Å². The van der Waals surface area contributed by atoms with Crippen molar-refractivity contribution in [3.63, 3.8) is 0 Å². The van der Waals surface area contributed by atoms with Gasteiger partial charge in [-0.1, -0.05) is 145 Å². The van der Waals surface area contributed by atoms with Gasteiger partial charge in [-0.25, -0.2) is 0 Å². The second-order valence-electron chi connectivity index (χ2n) is 9.05. The van der Waals surface area contributed by atoms with Gasteiger partial charge in [0.25, 0.3) is 0 Å². The number of fused-ring (bicyclic) bond motifs is 1. The van der Waals surface area contributed by atoms with Crippen LogP contribution in [0.1, 0.15) is 69.7 Å². The SMILES string of the molecule is C.C.CC(C)c1ccccc1.CC(c1ccccc1)c1ccccc1.Cc1cn(C)c2ccccc12. The van der Waals surface area contributed by atoms with Crippen molar-refractivity contribution in [2.24, 2.45) is 7.05 Å². The van der Waals surface area contributed by atoms with E-state index in [0.717, 1.165) is 0 Å². The maximum absolute atomic E-state index is 2.24. The number of rotatable bonds is 3. The molecule has 1 aromatic heterocycles. The molecular formula is C35H45N. The van der Waals surface area contributed by atoms with Gasteiger partial charge in [-0.3, -0.25) is 0 Å². The van der Waals surface area contributed by atoms with Gasteiger partial charge in [-0.15, -0.1) is 0 Å². The van der Waals surface area contributed by atoms with Crippen LogP contribution in [0.15, 0.2) is 121 Å². The number of nitrogens with zero attached hydrogens (tertiary/aromatic N) is 1. The zero-order chi connectivity index (χ0) is 24.3. The minimum Gasteiger partial charge on any atom is -0.350 e. The summed E-state index contributed by atoms with van der Waals surface area (Å²) >= 11 is 0. The molecule has 1 heteroatoms. The van der Waals surface area contributed by atoms with Crippen molar-refractivity contribution in [3.8, 4) is 0 Å². The first-order valence-corrected chi connectivity index (χ1v) is 12.1. The van der Waals surface area contributed by atoms with Gasteiger partial charge in [0.15, 0.2) is 0 Å². The average Bonchev–Trinajstić information content (AvgIpc) is 3.19. The largest absolute Gasteiger partial charge is 0.350 e. The first kappa shape index (κ1) is 30.5. The van der Waals surface area contributed by atoms with Crippen LogP contribution in [0.4, 0.5) is 0 Å². The lowest BCUT2D eigenvalue weighted by molar-refractivity contribution is 0.867. The summed E-state index contributed by atoms with van der Waals surface area (Å²) in [7, 11) is 2.08. The normalized spacial score (nSPS) is 9.86. The van der Waals surface area contributed by atoms with Crippen LogP contribution in [0, 0.1) is 6.92 Å². The molecule has 0 bridgehead atoms. The van der Waals surface area contributed by atoms with Crippen molar-refractivity contribution in [3.05, 3.63) is 144 Å². The summed E-state index contributed by atoms with van der Waals surface area (Å²) in [4.78, 5) is 0. The number of benzene rings is 4. The molecule has 5 rings (SSSR count). The van der Waals surface area contributed by atoms with E-state index in [1.54, 1.807) is 0 Å². The molecular weight excluding hydrogens is 434 g/mol. The summed E-state index contributed by atoms with van der Waals surface area (Å²) in [5, 5.41) is 1.36. The van der Waals surface area contributed by atoms with Crippen LogP contribution in [0.5, 0.6) is 0 Å². The molecule has 0 aliphatic rings. The van der Waals surface area contributed by atoms with Gasteiger partial charge in [0.1, 0.15) is 0 Å². The van der Waals surface area contributed by atoms with Gasteiger partial charge in [-0.2, -0.15) is 0 Å². The van der Waals surface area contributed by atoms with E-state index >= 15 is 0 Å². The summed E-state index contributed by atoms with van der Waals surface area (Å²) in [5.74, 6) is 1.14. The van der Waals surface area contributed by atoms with Crippen LogP contribution in [-0.2, 0) is 7.05 Å². The van der Waals surface area contributed by atoms with Crippen molar-refractivity contribution in [2.45, 2.75) is 54.4 Å². The molecule has 0 amide bonds. The number of aromatic nitrogens is 1. The van der Waals surface area contributed by atoms with Gasteiger partial charge in [0.2, 0.25) is 0 Å². The first-order chi connectivity index (χ1) is 16.5. The van der Waals surface area contributed by atoms with Crippen molar-refractivity contribution in [1.29, 1.82) is 0 Å². The Kier molecular flexibility index (Phi) is 13.0. The summed E-state index contributed by atoms with van der Waals surface area (Å²) in [6, 6.07) is 40.2. The second kappa shape index (κ2) is 15.4. The molecule has 0 radical (unpaired) electrons. The topological polar surface area (TPSA) is 4.93 Å². The lowest BCUT2D eigenvalue weighted by atomic mass is 9.93. The molecule has 0 saturated heterocycles. The van der Waals surface area contributed by atoms with Crippen LogP contribution in [0.2, 0.25) is 0 Å². The van der Waals surface area contributed by atoms with E-state index in [-0.39, 0.29) is 14.9 Å². The van der Waals surface area contributed by atoms with E-state index in [0.29, 0.717) is 11.8 Å². The molecule has 0 aliphatic carbocycles. The third-order valence-electron chi connectivity index (χ3n) is 6.16. The molecule has 190 valence electrons. The van der Waals surface area contributed by atoms with Gasteiger partial charge < -0.3 is 4.57 Å². The minimum atomic E-state index is 0. The van der Waals surface area contributed by atoms with E-state index in [2.05, 4.69) is 155 Å². The molecule has 4 aromatic carbocycles. The number of para-hydroxylation sites is 1. The predicted molar refractivity (Wildman–Crippen MR) is 162 cm³/mol. The van der Waals surface area contributed by atoms with Crippen LogP contribution >= 0.6 is 0 Å². The summed E-state index contributed by atoms with van der Waals surface area (Å²) < 4.78 is 2.16. The van der Waals surface area contributed by atoms with E-state index in [1.165, 1.54) is 33.2 Å². The smallest absolute Gasteiger partial charge is 0.0480 e. The molecule has 0 N–H and O–H groups in total. The van der Waals surface area contributed by atoms with E-state index < -0.39 is 0 Å². The number of aryl methyl sites for hydroxylation is 2. The highest BCUT2D eigenvalue weighted by atomic mass is 14.9. The Morgan fingerprint density at radius 1 is 0.528 bits per heavy atom. The molecule has 5 aromatic rings. The lowest BCUT2D eigenvalue weighted by Crippen LogP contribution is -1.94. The Balaban J connectivity index is 0.000000269. The van der Waals surface area contributed by atoms with Crippen LogP contribution < -0.4 is 0 Å². The van der Waals surface area contributed by atoms with Gasteiger partial charge in [-0.05, 0) is 41.2 Å². The lowest BCUT2D eigenvalue weighted by Gasteiger charge is -2.11. The molecule has 1 nitrogen and oxygen atoms in total. The third-order valence-corrected chi connectivity index (χ3v) is 6.16. The van der Waals surface area contributed by atoms with Crippen LogP contribution in [0.25, 0.3) is 10.9 Å². The fourth-order valence-corrected chi connectivity index (χ4v) is 4.06. The van der Waals surface area contributed by atoms with Crippen LogP contribution in [0.3, 0.4) is 0 Å². The molecule has 0 atom stereocenters. The number of hydrogen-bond donors (Lipinski definition) is 0. The summed E-state index contributed by atoms with van der Waals surface area (Å²) in [5.41, 5.74) is 6.82. The Hall–Kier alpha value is -3.58.